The van der Waals surface area contributed by atoms with Gasteiger partial charge in [-0.05, 0) is 6.07 Å². The summed E-state index contributed by atoms with van der Waals surface area (Å²) in [5.41, 5.74) is 0.860. The van der Waals surface area contributed by atoms with Gasteiger partial charge in [-0.2, -0.15) is 0 Å². The predicted molar refractivity (Wildman–Crippen MR) is 79.2 cm³/mol. The average Bonchev–Trinajstić information content (AvgIpc) is 2.49. The summed E-state index contributed by atoms with van der Waals surface area (Å²) in [7, 11) is 0. The fourth-order valence-corrected chi connectivity index (χ4v) is 1.99. The number of pyridine rings is 1. The van der Waals surface area contributed by atoms with Crippen LogP contribution in [0, 0.1) is 11.8 Å². The molecule has 1 aromatic rings. The summed E-state index contributed by atoms with van der Waals surface area (Å²) in [5.74, 6) is 7.32. The Labute approximate surface area is 125 Å². The van der Waals surface area contributed by atoms with Gasteiger partial charge < -0.3 is 9.47 Å². The standard InChI is InChI=1S/C15H19ClN2O2/c16-4-2-1-3-14-11-15(13-17-12-14)20-10-7-18-5-8-19-9-6-18/h11-13H,2,4-10H2. The molecular weight excluding hydrogens is 276 g/mol. The van der Waals surface area contributed by atoms with E-state index in [1.165, 1.54) is 0 Å². The van der Waals surface area contributed by atoms with Gasteiger partial charge in [-0.1, -0.05) is 11.8 Å². The molecule has 2 heterocycles. The van der Waals surface area contributed by atoms with E-state index < -0.39 is 0 Å². The van der Waals surface area contributed by atoms with Crippen LogP contribution in [-0.2, 0) is 4.74 Å². The first-order valence-corrected chi connectivity index (χ1v) is 7.35. The number of aromatic nitrogens is 1. The third kappa shape index (κ3) is 5.38. The molecule has 4 nitrogen and oxygen atoms in total. The molecule has 108 valence electrons. The SMILES string of the molecule is ClCCC#Cc1cncc(OCCN2CCOCC2)c1. The normalized spacial score (nSPS) is 15.4. The molecule has 1 saturated heterocycles. The van der Waals surface area contributed by atoms with E-state index in [1.54, 1.807) is 12.4 Å². The average molecular weight is 295 g/mol. The first-order valence-electron chi connectivity index (χ1n) is 6.81. The van der Waals surface area contributed by atoms with Crippen LogP contribution in [0.4, 0.5) is 0 Å². The lowest BCUT2D eigenvalue weighted by Gasteiger charge is -2.26. The molecule has 1 aromatic heterocycles. The molecule has 1 aliphatic rings. The molecular formula is C15H19ClN2O2. The van der Waals surface area contributed by atoms with Crippen LogP contribution in [0.2, 0.25) is 0 Å². The lowest BCUT2D eigenvalue weighted by molar-refractivity contribution is 0.0322. The van der Waals surface area contributed by atoms with Crippen LogP contribution < -0.4 is 4.74 Å². The van der Waals surface area contributed by atoms with Crippen LogP contribution in [0.3, 0.4) is 0 Å². The fourth-order valence-electron chi connectivity index (χ4n) is 1.90. The van der Waals surface area contributed by atoms with Gasteiger partial charge in [-0.25, -0.2) is 0 Å². The van der Waals surface area contributed by atoms with Crippen LogP contribution in [0.1, 0.15) is 12.0 Å². The van der Waals surface area contributed by atoms with E-state index in [4.69, 9.17) is 21.1 Å². The molecule has 0 bridgehead atoms. The molecule has 0 atom stereocenters. The summed E-state index contributed by atoms with van der Waals surface area (Å²) >= 11 is 5.58. The highest BCUT2D eigenvalue weighted by Gasteiger charge is 2.09. The van der Waals surface area contributed by atoms with Gasteiger partial charge in [0.05, 0.1) is 19.4 Å². The number of nitrogens with zero attached hydrogens (tertiary/aromatic N) is 2. The first kappa shape index (κ1) is 15.1. The Bertz CT molecular complexity index is 464. The highest BCUT2D eigenvalue weighted by atomic mass is 35.5. The van der Waals surface area contributed by atoms with Gasteiger partial charge in [0, 0.05) is 43.7 Å². The molecule has 0 amide bonds. The Balaban J connectivity index is 1.77. The Kier molecular flexibility index (Phi) is 6.65. The highest BCUT2D eigenvalue weighted by molar-refractivity contribution is 6.18. The van der Waals surface area contributed by atoms with Gasteiger partial charge in [-0.15, -0.1) is 11.6 Å². The smallest absolute Gasteiger partial charge is 0.138 e. The monoisotopic (exact) mass is 294 g/mol. The van der Waals surface area contributed by atoms with Crippen LogP contribution in [-0.4, -0.2) is 55.2 Å². The highest BCUT2D eigenvalue weighted by Crippen LogP contribution is 2.10. The van der Waals surface area contributed by atoms with Crippen LogP contribution in [0.15, 0.2) is 18.5 Å². The van der Waals surface area contributed by atoms with Crippen molar-refractivity contribution in [1.82, 2.24) is 9.88 Å². The number of morpholine rings is 1. The third-order valence-electron chi connectivity index (χ3n) is 2.95. The molecule has 5 heteroatoms. The van der Waals surface area contributed by atoms with Gasteiger partial charge in [-0.3, -0.25) is 9.88 Å². The zero-order valence-corrected chi connectivity index (χ0v) is 12.2. The van der Waals surface area contributed by atoms with Crippen LogP contribution in [0.25, 0.3) is 0 Å². The first-order chi connectivity index (χ1) is 9.88. The van der Waals surface area contributed by atoms with Gasteiger partial charge in [0.25, 0.3) is 0 Å². The molecule has 0 saturated carbocycles. The minimum atomic E-state index is 0.552. The topological polar surface area (TPSA) is 34.6 Å². The molecule has 0 aliphatic carbocycles. The zero-order chi connectivity index (χ0) is 14.0. The molecule has 1 fully saturated rings. The van der Waals surface area contributed by atoms with E-state index in [1.807, 2.05) is 6.07 Å². The maximum atomic E-state index is 5.72. The second kappa shape index (κ2) is 8.80. The summed E-state index contributed by atoms with van der Waals surface area (Å²) in [6.07, 6.45) is 4.13. The van der Waals surface area contributed by atoms with Crippen molar-refractivity contribution in [2.24, 2.45) is 0 Å². The maximum absolute atomic E-state index is 5.72. The minimum Gasteiger partial charge on any atom is -0.491 e. The Morgan fingerprint density at radius 3 is 3.00 bits per heavy atom. The summed E-state index contributed by atoms with van der Waals surface area (Å²) in [6.45, 7) is 5.14. The van der Waals surface area contributed by atoms with Crippen molar-refractivity contribution < 1.29 is 9.47 Å². The minimum absolute atomic E-state index is 0.552. The molecule has 0 spiro atoms. The van der Waals surface area contributed by atoms with Crippen molar-refractivity contribution in [2.45, 2.75) is 6.42 Å². The Morgan fingerprint density at radius 2 is 2.20 bits per heavy atom. The van der Waals surface area contributed by atoms with Gasteiger partial charge in [0.2, 0.25) is 0 Å². The number of hydrogen-bond donors (Lipinski definition) is 0. The van der Waals surface area contributed by atoms with Gasteiger partial charge >= 0.3 is 0 Å². The van der Waals surface area contributed by atoms with E-state index in [0.717, 1.165) is 44.2 Å². The second-order valence-electron chi connectivity index (χ2n) is 4.45. The lowest BCUT2D eigenvalue weighted by atomic mass is 10.2. The number of rotatable bonds is 5. The quantitative estimate of drug-likeness (QED) is 0.612. The van der Waals surface area contributed by atoms with Crippen LogP contribution in [0.5, 0.6) is 5.75 Å². The van der Waals surface area contributed by atoms with E-state index in [2.05, 4.69) is 21.7 Å². The van der Waals surface area contributed by atoms with Gasteiger partial charge in [0.1, 0.15) is 12.4 Å². The molecule has 0 N–H and O–H groups in total. The Morgan fingerprint density at radius 1 is 1.35 bits per heavy atom. The molecule has 0 unspecified atom stereocenters. The number of alkyl halides is 1. The largest absolute Gasteiger partial charge is 0.491 e. The molecule has 1 aliphatic heterocycles. The van der Waals surface area contributed by atoms with Crippen molar-refractivity contribution in [3.05, 3.63) is 24.0 Å². The Hall–Kier alpha value is -1.28. The molecule has 0 aromatic carbocycles. The maximum Gasteiger partial charge on any atom is 0.138 e. The number of halogens is 1. The van der Waals surface area contributed by atoms with Crippen molar-refractivity contribution >= 4 is 11.6 Å². The predicted octanol–water partition coefficient (Wildman–Crippen LogP) is 1.77. The van der Waals surface area contributed by atoms with Crippen molar-refractivity contribution in [2.75, 3.05) is 45.3 Å². The van der Waals surface area contributed by atoms with E-state index >= 15 is 0 Å². The summed E-state index contributed by atoms with van der Waals surface area (Å²) in [6, 6.07) is 1.91. The van der Waals surface area contributed by atoms with E-state index in [0.29, 0.717) is 18.9 Å². The van der Waals surface area contributed by atoms with Crippen molar-refractivity contribution in [3.63, 3.8) is 0 Å². The summed E-state index contributed by atoms with van der Waals surface area (Å²) < 4.78 is 11.0. The fraction of sp³-hybridized carbons (Fsp3) is 0.533. The van der Waals surface area contributed by atoms with Crippen LogP contribution >= 0.6 is 11.6 Å². The number of ether oxygens (including phenoxy) is 2. The number of hydrogen-bond acceptors (Lipinski definition) is 4. The molecule has 2 rings (SSSR count). The third-order valence-corrected chi connectivity index (χ3v) is 3.13. The second-order valence-corrected chi connectivity index (χ2v) is 4.83. The molecule has 0 radical (unpaired) electrons. The van der Waals surface area contributed by atoms with E-state index in [-0.39, 0.29) is 0 Å². The van der Waals surface area contributed by atoms with E-state index in [9.17, 15) is 0 Å². The molecule has 20 heavy (non-hydrogen) atoms. The van der Waals surface area contributed by atoms with Crippen molar-refractivity contribution in [1.29, 1.82) is 0 Å². The summed E-state index contributed by atoms with van der Waals surface area (Å²) in [4.78, 5) is 6.47. The zero-order valence-electron chi connectivity index (χ0n) is 11.5. The lowest BCUT2D eigenvalue weighted by Crippen LogP contribution is -2.38. The van der Waals surface area contributed by atoms with Gasteiger partial charge in [0.15, 0.2) is 0 Å². The summed E-state index contributed by atoms with van der Waals surface area (Å²) in [5, 5.41) is 0. The van der Waals surface area contributed by atoms with Crippen molar-refractivity contribution in [3.8, 4) is 17.6 Å².